The second-order valence-electron chi connectivity index (χ2n) is 9.43. The van der Waals surface area contributed by atoms with Crippen molar-refractivity contribution >= 4 is 11.9 Å². The van der Waals surface area contributed by atoms with Gasteiger partial charge in [0.25, 0.3) is 0 Å². The summed E-state index contributed by atoms with van der Waals surface area (Å²) in [5.41, 5.74) is -1.03. The number of hydrogen-bond donors (Lipinski definition) is 3. The molecule has 0 fully saturated rings. The molecular weight excluding hydrogens is 496 g/mol. The van der Waals surface area contributed by atoms with E-state index in [-0.39, 0.29) is 13.2 Å². The molecule has 0 atom stereocenters. The highest BCUT2D eigenvalue weighted by Gasteiger charge is 2.31. The van der Waals surface area contributed by atoms with Gasteiger partial charge in [-0.25, -0.2) is 20.1 Å². The number of carbonyl (C=O) groups excluding carboxylic acids is 1. The summed E-state index contributed by atoms with van der Waals surface area (Å²) < 4.78 is 5.60. The van der Waals surface area contributed by atoms with Crippen molar-refractivity contribution in [1.29, 1.82) is 0 Å². The number of hydrogen-bond acceptors (Lipinski definition) is 9. The minimum absolute atomic E-state index is 0.101. The van der Waals surface area contributed by atoms with E-state index < -0.39 is 40.3 Å². The van der Waals surface area contributed by atoms with Crippen LogP contribution in [-0.2, 0) is 9.78 Å². The Morgan fingerprint density at radius 3 is 1.66 bits per heavy atom. The molecule has 0 saturated heterocycles. The van der Waals surface area contributed by atoms with E-state index in [1.54, 1.807) is 0 Å². The third-order valence-electron chi connectivity index (χ3n) is 6.28. The molecule has 1 aromatic carbocycles. The van der Waals surface area contributed by atoms with Gasteiger partial charge in [-0.2, -0.15) is 4.89 Å². The van der Waals surface area contributed by atoms with Crippen molar-refractivity contribution in [3.05, 3.63) is 17.2 Å². The minimum Gasteiger partial charge on any atom is -0.489 e. The van der Waals surface area contributed by atoms with Crippen LogP contribution in [0.15, 0.2) is 6.07 Å². The molecular formula is C28H46O10. The van der Waals surface area contributed by atoms with Crippen molar-refractivity contribution < 1.29 is 49.5 Å². The summed E-state index contributed by atoms with van der Waals surface area (Å²) in [4.78, 5) is 42.8. The fourth-order valence-electron chi connectivity index (χ4n) is 4.12. The Morgan fingerprint density at radius 2 is 1.18 bits per heavy atom. The van der Waals surface area contributed by atoms with Crippen molar-refractivity contribution in [2.24, 2.45) is 0 Å². The van der Waals surface area contributed by atoms with Gasteiger partial charge >= 0.3 is 11.9 Å². The van der Waals surface area contributed by atoms with E-state index >= 15 is 0 Å². The Hall–Kier alpha value is -2.56. The number of unbranched alkanes of at least 4 members (excludes halogenated alkanes) is 14. The van der Waals surface area contributed by atoms with Crippen LogP contribution in [0.4, 0.5) is 0 Å². The van der Waals surface area contributed by atoms with Crippen LogP contribution in [0.3, 0.4) is 0 Å². The third-order valence-corrected chi connectivity index (χ3v) is 6.28. The molecule has 0 aliphatic rings. The number of carboxylic acid groups (broad SMARTS) is 1. The number of ether oxygens (including phenoxy) is 1. The van der Waals surface area contributed by atoms with Crippen molar-refractivity contribution in [3.8, 4) is 17.2 Å². The van der Waals surface area contributed by atoms with Crippen molar-refractivity contribution in [2.45, 2.75) is 117 Å². The lowest BCUT2D eigenvalue weighted by atomic mass is 10.1. The van der Waals surface area contributed by atoms with Crippen LogP contribution in [0, 0.1) is 0 Å². The largest absolute Gasteiger partial charge is 0.489 e. The first-order valence-electron chi connectivity index (χ1n) is 14.0. The Balaban J connectivity index is 2.70. The number of carboxylic acids is 1. The number of carbonyl (C=O) groups is 2. The van der Waals surface area contributed by atoms with Gasteiger partial charge in [-0.15, -0.1) is 0 Å². The first-order chi connectivity index (χ1) is 18.5. The molecule has 38 heavy (non-hydrogen) atoms. The average molecular weight is 543 g/mol. The topological polar surface area (TPSA) is 141 Å². The molecule has 1 aromatic rings. The minimum atomic E-state index is -1.51. The molecule has 0 amide bonds. The van der Waals surface area contributed by atoms with E-state index in [1.807, 2.05) is 0 Å². The zero-order valence-electron chi connectivity index (χ0n) is 23.0. The van der Waals surface area contributed by atoms with Gasteiger partial charge < -0.3 is 19.6 Å². The highest BCUT2D eigenvalue weighted by atomic mass is 17.2. The molecule has 0 unspecified atom stereocenters. The number of aromatic carboxylic acids is 1. The summed E-state index contributed by atoms with van der Waals surface area (Å²) in [6, 6.07) is 0.875. The van der Waals surface area contributed by atoms with Crippen LogP contribution in [0.2, 0.25) is 0 Å². The first kappa shape index (κ1) is 33.5. The maximum absolute atomic E-state index is 12.6. The normalized spacial score (nSPS) is 10.8. The summed E-state index contributed by atoms with van der Waals surface area (Å²) >= 11 is 0. The highest BCUT2D eigenvalue weighted by Crippen LogP contribution is 2.41. The molecule has 3 N–H and O–H groups in total. The quantitative estimate of drug-likeness (QED) is 0.0672. The van der Waals surface area contributed by atoms with Gasteiger partial charge in [-0.3, -0.25) is 4.89 Å². The maximum atomic E-state index is 12.6. The molecule has 1 rings (SSSR count). The molecule has 0 aliphatic heterocycles. The van der Waals surface area contributed by atoms with Gasteiger partial charge in [0.15, 0.2) is 17.1 Å². The van der Waals surface area contributed by atoms with Gasteiger partial charge in [0.2, 0.25) is 5.75 Å². The third kappa shape index (κ3) is 12.8. The van der Waals surface area contributed by atoms with Crippen molar-refractivity contribution in [2.75, 3.05) is 13.2 Å². The van der Waals surface area contributed by atoms with Crippen LogP contribution in [0.1, 0.15) is 137 Å². The van der Waals surface area contributed by atoms with Crippen LogP contribution in [-0.4, -0.2) is 40.8 Å². The molecule has 0 aromatic heterocycles. The van der Waals surface area contributed by atoms with Crippen molar-refractivity contribution in [3.63, 3.8) is 0 Å². The molecule has 0 spiro atoms. The summed E-state index contributed by atoms with van der Waals surface area (Å²) in [6.45, 7) is 4.62. The Bertz CT molecular complexity index is 796. The lowest BCUT2D eigenvalue weighted by Crippen LogP contribution is -2.14. The molecule has 0 heterocycles. The second-order valence-corrected chi connectivity index (χ2v) is 9.43. The fourth-order valence-corrected chi connectivity index (χ4v) is 4.12. The molecule has 0 radical (unpaired) electrons. The SMILES string of the molecule is CCCCCCCCCCOOC(=O)c1cc(OO)c(C(=O)O)c(OCCCCCCCCCC)c1OO. The second kappa shape index (κ2) is 21.4. The molecule has 10 heteroatoms. The molecule has 10 nitrogen and oxygen atoms in total. The first-order valence-corrected chi connectivity index (χ1v) is 14.0. The number of rotatable bonds is 24. The van der Waals surface area contributed by atoms with E-state index in [0.29, 0.717) is 12.8 Å². The Labute approximate surface area is 226 Å². The molecule has 0 saturated carbocycles. The van der Waals surface area contributed by atoms with E-state index in [4.69, 9.17) is 14.5 Å². The summed E-state index contributed by atoms with van der Waals surface area (Å²) in [5.74, 6) is -4.17. The molecule has 0 bridgehead atoms. The van der Waals surface area contributed by atoms with E-state index in [0.717, 1.165) is 44.6 Å². The Morgan fingerprint density at radius 1 is 0.684 bits per heavy atom. The summed E-state index contributed by atoms with van der Waals surface area (Å²) in [6.07, 6.45) is 17.1. The maximum Gasteiger partial charge on any atom is 0.377 e. The van der Waals surface area contributed by atoms with Crippen molar-refractivity contribution in [1.82, 2.24) is 0 Å². The summed E-state index contributed by atoms with van der Waals surface area (Å²) in [5, 5.41) is 28.4. The van der Waals surface area contributed by atoms with E-state index in [2.05, 4.69) is 23.6 Å². The zero-order chi connectivity index (χ0) is 28.0. The fraction of sp³-hybridized carbons (Fsp3) is 0.714. The zero-order valence-corrected chi connectivity index (χ0v) is 23.0. The van der Waals surface area contributed by atoms with Gasteiger partial charge in [0, 0.05) is 6.07 Å². The smallest absolute Gasteiger partial charge is 0.377 e. The number of benzene rings is 1. The van der Waals surface area contributed by atoms with Gasteiger partial charge in [-0.05, 0) is 12.8 Å². The van der Waals surface area contributed by atoms with E-state index in [1.165, 1.54) is 51.4 Å². The predicted octanol–water partition coefficient (Wildman–Crippen LogP) is 7.84. The average Bonchev–Trinajstić information content (AvgIpc) is 2.91. The van der Waals surface area contributed by atoms with Crippen LogP contribution < -0.4 is 14.5 Å². The van der Waals surface area contributed by atoms with Crippen LogP contribution in [0.5, 0.6) is 17.2 Å². The monoisotopic (exact) mass is 542 g/mol. The predicted molar refractivity (Wildman–Crippen MR) is 142 cm³/mol. The van der Waals surface area contributed by atoms with Gasteiger partial charge in [0.1, 0.15) is 5.56 Å². The standard InChI is InChI=1S/C28H46O10/c1-3-5-7-9-11-13-15-17-19-34-26-24(27(29)30)23(36-32)21-22(25(26)37-33)28(31)38-35-20-18-16-14-12-10-8-6-4-2/h21,32-33H,3-20H2,1-2H3,(H,29,30). The summed E-state index contributed by atoms with van der Waals surface area (Å²) in [7, 11) is 0. The van der Waals surface area contributed by atoms with Crippen LogP contribution in [0.25, 0.3) is 0 Å². The Kier molecular flexibility index (Phi) is 18.8. The molecule has 0 aliphatic carbocycles. The van der Waals surface area contributed by atoms with Gasteiger partial charge in [0.05, 0.1) is 13.2 Å². The molecule has 218 valence electrons. The lowest BCUT2D eigenvalue weighted by molar-refractivity contribution is -0.241. The highest BCUT2D eigenvalue weighted by molar-refractivity contribution is 6.01. The van der Waals surface area contributed by atoms with Crippen LogP contribution >= 0.6 is 0 Å². The lowest BCUT2D eigenvalue weighted by Gasteiger charge is -2.16. The van der Waals surface area contributed by atoms with Gasteiger partial charge in [-0.1, -0.05) is 104 Å². The van der Waals surface area contributed by atoms with E-state index in [9.17, 15) is 25.2 Å².